The van der Waals surface area contributed by atoms with Crippen molar-refractivity contribution in [2.45, 2.75) is 33.2 Å². The second-order valence-electron chi connectivity index (χ2n) is 5.33. The lowest BCUT2D eigenvalue weighted by Crippen LogP contribution is -2.26. The number of rotatable bonds is 7. The van der Waals surface area contributed by atoms with Gasteiger partial charge in [0.1, 0.15) is 12.4 Å². The van der Waals surface area contributed by atoms with Crippen LogP contribution in [0.5, 0.6) is 5.75 Å². The Bertz CT molecular complexity index is 530. The van der Waals surface area contributed by atoms with Crippen LogP contribution >= 0.6 is 0 Å². The Morgan fingerprint density at radius 1 is 0.952 bits per heavy atom. The Morgan fingerprint density at radius 2 is 1.62 bits per heavy atom. The van der Waals surface area contributed by atoms with E-state index in [1.807, 2.05) is 12.1 Å². The molecular formula is C19H25NO. The summed E-state index contributed by atoms with van der Waals surface area (Å²) in [6.07, 6.45) is 1.08. The van der Waals surface area contributed by atoms with Crippen molar-refractivity contribution in [3.05, 3.63) is 65.2 Å². The number of aryl methyl sites for hydroxylation is 2. The van der Waals surface area contributed by atoms with Gasteiger partial charge in [-0.25, -0.2) is 0 Å². The lowest BCUT2D eigenvalue weighted by Gasteiger charge is -2.19. The smallest absolute Gasteiger partial charge is 0.119 e. The Labute approximate surface area is 128 Å². The minimum absolute atomic E-state index is 0.224. The van der Waals surface area contributed by atoms with Crippen molar-refractivity contribution in [2.24, 2.45) is 0 Å². The van der Waals surface area contributed by atoms with Gasteiger partial charge in [0, 0.05) is 0 Å². The Kier molecular flexibility index (Phi) is 5.82. The molecule has 0 amide bonds. The molecule has 2 aromatic rings. The predicted molar refractivity (Wildman–Crippen MR) is 88.9 cm³/mol. The van der Waals surface area contributed by atoms with Gasteiger partial charge in [-0.3, -0.25) is 0 Å². The minimum atomic E-state index is 0.224. The molecule has 2 nitrogen and oxygen atoms in total. The van der Waals surface area contributed by atoms with E-state index >= 15 is 0 Å². The maximum absolute atomic E-state index is 5.92. The maximum Gasteiger partial charge on any atom is 0.119 e. The molecule has 0 saturated carbocycles. The van der Waals surface area contributed by atoms with E-state index in [1.165, 1.54) is 16.7 Å². The average molecular weight is 283 g/mol. The molecule has 0 spiro atoms. The summed E-state index contributed by atoms with van der Waals surface area (Å²) < 4.78 is 5.92. The van der Waals surface area contributed by atoms with Crippen molar-refractivity contribution in [1.29, 1.82) is 0 Å². The number of likely N-dealkylation sites (N-methyl/N-ethyl adjacent to an activating group) is 1. The van der Waals surface area contributed by atoms with Gasteiger partial charge in [-0.05, 0) is 43.1 Å². The molecule has 0 aliphatic carbocycles. The van der Waals surface area contributed by atoms with E-state index in [2.05, 4.69) is 62.5 Å². The first-order valence-corrected chi connectivity index (χ1v) is 7.74. The van der Waals surface area contributed by atoms with Gasteiger partial charge in [0.05, 0.1) is 6.04 Å². The number of hydrogen-bond donors (Lipinski definition) is 1. The lowest BCUT2D eigenvalue weighted by molar-refractivity contribution is 0.268. The van der Waals surface area contributed by atoms with Gasteiger partial charge >= 0.3 is 0 Å². The molecule has 0 bridgehead atoms. The van der Waals surface area contributed by atoms with Crippen molar-refractivity contribution in [3.8, 4) is 5.75 Å². The van der Waals surface area contributed by atoms with E-state index in [-0.39, 0.29) is 6.04 Å². The quantitative estimate of drug-likeness (QED) is 0.818. The SMILES string of the molecule is CCNC(COc1ccc(C)cc1)c1ccc(CC)cc1. The van der Waals surface area contributed by atoms with Crippen LogP contribution < -0.4 is 10.1 Å². The molecule has 1 N–H and O–H groups in total. The summed E-state index contributed by atoms with van der Waals surface area (Å²) in [5.74, 6) is 0.925. The molecule has 0 fully saturated rings. The van der Waals surface area contributed by atoms with Crippen LogP contribution in [0.2, 0.25) is 0 Å². The van der Waals surface area contributed by atoms with E-state index in [4.69, 9.17) is 4.74 Å². The molecule has 0 heterocycles. The van der Waals surface area contributed by atoms with E-state index in [1.54, 1.807) is 0 Å². The fraction of sp³-hybridized carbons (Fsp3) is 0.368. The fourth-order valence-electron chi connectivity index (χ4n) is 2.32. The molecule has 0 saturated heterocycles. The third kappa shape index (κ3) is 4.61. The van der Waals surface area contributed by atoms with Crippen LogP contribution in [0.4, 0.5) is 0 Å². The highest BCUT2D eigenvalue weighted by Crippen LogP contribution is 2.18. The highest BCUT2D eigenvalue weighted by molar-refractivity contribution is 5.28. The van der Waals surface area contributed by atoms with Crippen LogP contribution in [0, 0.1) is 6.92 Å². The van der Waals surface area contributed by atoms with Gasteiger partial charge in [-0.2, -0.15) is 0 Å². The van der Waals surface area contributed by atoms with E-state index in [0.717, 1.165) is 18.7 Å². The van der Waals surface area contributed by atoms with Crippen molar-refractivity contribution >= 4 is 0 Å². The Balaban J connectivity index is 2.02. The Morgan fingerprint density at radius 3 is 2.19 bits per heavy atom. The molecule has 2 heteroatoms. The summed E-state index contributed by atoms with van der Waals surface area (Å²) in [5, 5.41) is 3.49. The number of benzene rings is 2. The molecule has 2 aromatic carbocycles. The summed E-state index contributed by atoms with van der Waals surface area (Å²) in [6, 6.07) is 17.2. The normalized spacial score (nSPS) is 12.1. The molecule has 112 valence electrons. The molecule has 0 aromatic heterocycles. The zero-order chi connectivity index (χ0) is 15.1. The summed E-state index contributed by atoms with van der Waals surface area (Å²) in [5.41, 5.74) is 3.90. The van der Waals surface area contributed by atoms with Crippen LogP contribution in [0.25, 0.3) is 0 Å². The molecule has 0 radical (unpaired) electrons. The second-order valence-corrected chi connectivity index (χ2v) is 5.33. The predicted octanol–water partition coefficient (Wildman–Crippen LogP) is 4.29. The van der Waals surface area contributed by atoms with Crippen LogP contribution in [-0.4, -0.2) is 13.2 Å². The molecule has 1 unspecified atom stereocenters. The summed E-state index contributed by atoms with van der Waals surface area (Å²) in [4.78, 5) is 0. The van der Waals surface area contributed by atoms with E-state index in [9.17, 15) is 0 Å². The molecule has 0 aliphatic heterocycles. The van der Waals surface area contributed by atoms with Gasteiger partial charge in [-0.1, -0.05) is 55.8 Å². The van der Waals surface area contributed by atoms with Crippen molar-refractivity contribution in [1.82, 2.24) is 5.32 Å². The summed E-state index contributed by atoms with van der Waals surface area (Å²) in [7, 11) is 0. The third-order valence-corrected chi connectivity index (χ3v) is 3.68. The standard InChI is InChI=1S/C19H25NO/c1-4-16-8-10-17(11-9-16)19(20-5-2)14-21-18-12-6-15(3)7-13-18/h6-13,19-20H,4-5,14H2,1-3H3. The van der Waals surface area contributed by atoms with Crippen LogP contribution in [0.15, 0.2) is 48.5 Å². The third-order valence-electron chi connectivity index (χ3n) is 3.68. The summed E-state index contributed by atoms with van der Waals surface area (Å²) in [6.45, 7) is 7.96. The first kappa shape index (κ1) is 15.6. The largest absolute Gasteiger partial charge is 0.492 e. The zero-order valence-corrected chi connectivity index (χ0v) is 13.2. The number of ether oxygens (including phenoxy) is 1. The molecule has 1 atom stereocenters. The van der Waals surface area contributed by atoms with Gasteiger partial charge in [0.25, 0.3) is 0 Å². The van der Waals surface area contributed by atoms with Crippen molar-refractivity contribution in [2.75, 3.05) is 13.2 Å². The zero-order valence-electron chi connectivity index (χ0n) is 13.2. The number of nitrogens with one attached hydrogen (secondary N) is 1. The van der Waals surface area contributed by atoms with Crippen molar-refractivity contribution < 1.29 is 4.74 Å². The maximum atomic E-state index is 5.92. The minimum Gasteiger partial charge on any atom is -0.492 e. The van der Waals surface area contributed by atoms with Gasteiger partial charge < -0.3 is 10.1 Å². The second kappa shape index (κ2) is 7.84. The molecule has 0 aliphatic rings. The van der Waals surface area contributed by atoms with Gasteiger partial charge in [0.15, 0.2) is 0 Å². The van der Waals surface area contributed by atoms with Crippen LogP contribution in [0.1, 0.15) is 36.6 Å². The monoisotopic (exact) mass is 283 g/mol. The highest BCUT2D eigenvalue weighted by Gasteiger charge is 2.11. The fourth-order valence-corrected chi connectivity index (χ4v) is 2.32. The van der Waals surface area contributed by atoms with Gasteiger partial charge in [-0.15, -0.1) is 0 Å². The highest BCUT2D eigenvalue weighted by atomic mass is 16.5. The molecule has 2 rings (SSSR count). The molecular weight excluding hydrogens is 258 g/mol. The lowest BCUT2D eigenvalue weighted by atomic mass is 10.0. The van der Waals surface area contributed by atoms with E-state index in [0.29, 0.717) is 6.61 Å². The summed E-state index contributed by atoms with van der Waals surface area (Å²) >= 11 is 0. The average Bonchev–Trinajstić information content (AvgIpc) is 2.53. The number of hydrogen-bond acceptors (Lipinski definition) is 2. The van der Waals surface area contributed by atoms with E-state index < -0.39 is 0 Å². The Hall–Kier alpha value is -1.80. The van der Waals surface area contributed by atoms with Gasteiger partial charge in [0.2, 0.25) is 0 Å². The topological polar surface area (TPSA) is 21.3 Å². The van der Waals surface area contributed by atoms with Crippen LogP contribution in [-0.2, 0) is 6.42 Å². The van der Waals surface area contributed by atoms with Crippen LogP contribution in [0.3, 0.4) is 0 Å². The van der Waals surface area contributed by atoms with Crippen molar-refractivity contribution in [3.63, 3.8) is 0 Å². The first-order valence-electron chi connectivity index (χ1n) is 7.74. The molecule has 21 heavy (non-hydrogen) atoms. The first-order chi connectivity index (χ1) is 10.2.